The zero-order valence-electron chi connectivity index (χ0n) is 18.0. The van der Waals surface area contributed by atoms with Crippen LogP contribution in [0.2, 0.25) is 0 Å². The third-order valence-corrected chi connectivity index (χ3v) is 4.89. The van der Waals surface area contributed by atoms with Crippen molar-refractivity contribution in [1.82, 2.24) is 0 Å². The molecule has 0 bridgehead atoms. The van der Waals surface area contributed by atoms with E-state index in [0.717, 1.165) is 23.7 Å². The smallest absolute Gasteiger partial charge is 0.145 e. The van der Waals surface area contributed by atoms with E-state index in [1.807, 2.05) is 61.5 Å². The quantitative estimate of drug-likeness (QED) is 0.318. The molecule has 162 valence electrons. The van der Waals surface area contributed by atoms with Gasteiger partial charge in [-0.15, -0.1) is 0 Å². The highest BCUT2D eigenvalue weighted by molar-refractivity contribution is 5.56. The van der Waals surface area contributed by atoms with Crippen LogP contribution in [-0.4, -0.2) is 6.61 Å². The van der Waals surface area contributed by atoms with Crippen LogP contribution in [0.5, 0.6) is 28.7 Å². The number of benzene rings is 4. The Balaban J connectivity index is 1.36. The predicted octanol–water partition coefficient (Wildman–Crippen LogP) is 6.43. The largest absolute Gasteiger partial charge is 0.492 e. The first kappa shape index (κ1) is 21.1. The zero-order valence-corrected chi connectivity index (χ0v) is 18.0. The van der Waals surface area contributed by atoms with E-state index in [9.17, 15) is 0 Å². The second kappa shape index (κ2) is 9.79. The molecule has 0 spiro atoms. The lowest BCUT2D eigenvalue weighted by atomic mass is 10.0. The molecule has 4 aromatic rings. The van der Waals surface area contributed by atoms with Crippen LogP contribution in [0, 0.1) is 0 Å². The molecule has 0 saturated carbocycles. The van der Waals surface area contributed by atoms with E-state index < -0.39 is 0 Å². The van der Waals surface area contributed by atoms with Crippen molar-refractivity contribution in [2.45, 2.75) is 13.3 Å². The van der Waals surface area contributed by atoms with E-state index >= 15 is 0 Å². The molecule has 0 aliphatic carbocycles. The lowest BCUT2D eigenvalue weighted by Crippen LogP contribution is -1.97. The van der Waals surface area contributed by atoms with Gasteiger partial charge in [0.15, 0.2) is 0 Å². The normalized spacial score (nSPS) is 10.5. The fourth-order valence-electron chi connectivity index (χ4n) is 3.25. The first-order valence-corrected chi connectivity index (χ1v) is 10.5. The molecule has 0 radical (unpaired) electrons. The van der Waals surface area contributed by atoms with Gasteiger partial charge in [0.05, 0.1) is 12.3 Å². The summed E-state index contributed by atoms with van der Waals surface area (Å²) in [6, 6.07) is 28.9. The summed E-state index contributed by atoms with van der Waals surface area (Å²) in [5.41, 5.74) is 15.3. The molecule has 5 heteroatoms. The molecule has 0 unspecified atom stereocenters. The van der Waals surface area contributed by atoms with Crippen LogP contribution in [0.1, 0.15) is 18.1 Å². The Morgan fingerprint density at radius 3 is 1.59 bits per heavy atom. The Labute approximate surface area is 188 Å². The fraction of sp³-hybridized carbons (Fsp3) is 0.111. The van der Waals surface area contributed by atoms with Crippen LogP contribution in [0.25, 0.3) is 0 Å². The van der Waals surface area contributed by atoms with Crippen molar-refractivity contribution in [3.05, 3.63) is 102 Å². The molecular weight excluding hydrogens is 400 g/mol. The predicted molar refractivity (Wildman–Crippen MR) is 129 cm³/mol. The van der Waals surface area contributed by atoms with Crippen LogP contribution in [0.15, 0.2) is 91.0 Å². The molecule has 0 aliphatic rings. The van der Waals surface area contributed by atoms with Crippen molar-refractivity contribution in [3.8, 4) is 28.7 Å². The molecule has 0 saturated heterocycles. The van der Waals surface area contributed by atoms with Gasteiger partial charge in [0.25, 0.3) is 0 Å². The molecule has 0 heterocycles. The number of rotatable bonds is 8. The standard InChI is InChI=1S/C27H26N2O3/c1-2-30-27-18-25(15-16-26(27)29)32-23-11-5-20(6-12-23)17-19-3-9-22(10-4-19)31-24-13-7-21(28)8-14-24/h3-16,18H,2,17,28-29H2,1H3. The molecule has 4 N–H and O–H groups in total. The zero-order chi connectivity index (χ0) is 22.3. The Kier molecular flexibility index (Phi) is 6.46. The van der Waals surface area contributed by atoms with E-state index in [2.05, 4.69) is 24.3 Å². The van der Waals surface area contributed by atoms with Crippen molar-refractivity contribution in [1.29, 1.82) is 0 Å². The number of nitrogens with two attached hydrogens (primary N) is 2. The van der Waals surface area contributed by atoms with Crippen molar-refractivity contribution < 1.29 is 14.2 Å². The number of anilines is 2. The molecule has 0 aliphatic heterocycles. The maximum Gasteiger partial charge on any atom is 0.145 e. The summed E-state index contributed by atoms with van der Waals surface area (Å²) in [4.78, 5) is 0. The van der Waals surface area contributed by atoms with E-state index in [0.29, 0.717) is 29.5 Å². The minimum Gasteiger partial charge on any atom is -0.492 e. The van der Waals surface area contributed by atoms with Crippen LogP contribution >= 0.6 is 0 Å². The lowest BCUT2D eigenvalue weighted by molar-refractivity contribution is 0.340. The minimum atomic E-state index is 0.552. The second-order valence-corrected chi connectivity index (χ2v) is 7.37. The molecule has 32 heavy (non-hydrogen) atoms. The second-order valence-electron chi connectivity index (χ2n) is 7.37. The highest BCUT2D eigenvalue weighted by atomic mass is 16.5. The Bertz CT molecular complexity index is 1160. The monoisotopic (exact) mass is 426 g/mol. The average Bonchev–Trinajstić information content (AvgIpc) is 2.80. The molecule has 0 amide bonds. The van der Waals surface area contributed by atoms with Gasteiger partial charge in [-0.2, -0.15) is 0 Å². The topological polar surface area (TPSA) is 79.7 Å². The third-order valence-electron chi connectivity index (χ3n) is 4.89. The van der Waals surface area contributed by atoms with Crippen molar-refractivity contribution >= 4 is 11.4 Å². The summed E-state index contributed by atoms with van der Waals surface area (Å²) in [6.45, 7) is 2.48. The third kappa shape index (κ3) is 5.52. The number of hydrogen-bond acceptors (Lipinski definition) is 5. The molecule has 4 rings (SSSR count). The number of ether oxygens (including phenoxy) is 3. The van der Waals surface area contributed by atoms with Crippen molar-refractivity contribution in [2.24, 2.45) is 0 Å². The Morgan fingerprint density at radius 2 is 1.06 bits per heavy atom. The van der Waals surface area contributed by atoms with Gasteiger partial charge < -0.3 is 25.7 Å². The van der Waals surface area contributed by atoms with Gasteiger partial charge in [-0.1, -0.05) is 24.3 Å². The maximum atomic E-state index is 5.95. The van der Waals surface area contributed by atoms with Crippen LogP contribution in [0.3, 0.4) is 0 Å². The minimum absolute atomic E-state index is 0.552. The summed E-state index contributed by atoms with van der Waals surface area (Å²) in [6.07, 6.45) is 0.818. The summed E-state index contributed by atoms with van der Waals surface area (Å²) in [5.74, 6) is 3.62. The van der Waals surface area contributed by atoms with Crippen LogP contribution in [0.4, 0.5) is 11.4 Å². The molecule has 0 aromatic heterocycles. The van der Waals surface area contributed by atoms with Gasteiger partial charge in [0.2, 0.25) is 0 Å². The molecular formula is C27H26N2O3. The fourth-order valence-corrected chi connectivity index (χ4v) is 3.25. The Hall–Kier alpha value is -4.12. The van der Waals surface area contributed by atoms with Gasteiger partial charge >= 0.3 is 0 Å². The van der Waals surface area contributed by atoms with Gasteiger partial charge in [-0.25, -0.2) is 0 Å². The van der Waals surface area contributed by atoms with E-state index in [4.69, 9.17) is 25.7 Å². The SMILES string of the molecule is CCOc1cc(Oc2ccc(Cc3ccc(Oc4ccc(N)cc4)cc3)cc2)ccc1N. The molecule has 4 aromatic carbocycles. The van der Waals surface area contributed by atoms with Gasteiger partial charge in [0.1, 0.15) is 28.7 Å². The van der Waals surface area contributed by atoms with E-state index in [1.54, 1.807) is 12.1 Å². The highest BCUT2D eigenvalue weighted by Crippen LogP contribution is 2.30. The lowest BCUT2D eigenvalue weighted by Gasteiger charge is -2.11. The van der Waals surface area contributed by atoms with Gasteiger partial charge in [-0.3, -0.25) is 0 Å². The molecule has 0 atom stereocenters. The summed E-state index contributed by atoms with van der Waals surface area (Å²) in [5, 5.41) is 0. The summed E-state index contributed by atoms with van der Waals surface area (Å²) >= 11 is 0. The van der Waals surface area contributed by atoms with E-state index in [1.165, 1.54) is 11.1 Å². The maximum absolute atomic E-state index is 5.95. The Morgan fingerprint density at radius 1 is 0.594 bits per heavy atom. The molecule has 0 fully saturated rings. The number of hydrogen-bond donors (Lipinski definition) is 2. The van der Waals surface area contributed by atoms with Crippen LogP contribution < -0.4 is 25.7 Å². The number of nitrogen functional groups attached to an aromatic ring is 2. The van der Waals surface area contributed by atoms with Gasteiger partial charge in [0, 0.05) is 11.8 Å². The highest BCUT2D eigenvalue weighted by Gasteiger charge is 2.05. The van der Waals surface area contributed by atoms with E-state index in [-0.39, 0.29) is 0 Å². The first-order valence-electron chi connectivity index (χ1n) is 10.5. The van der Waals surface area contributed by atoms with Crippen LogP contribution in [-0.2, 0) is 6.42 Å². The summed E-state index contributed by atoms with van der Waals surface area (Å²) < 4.78 is 17.3. The van der Waals surface area contributed by atoms with Gasteiger partial charge in [-0.05, 0) is 85.1 Å². The molecule has 5 nitrogen and oxygen atoms in total. The first-order chi connectivity index (χ1) is 15.6. The summed E-state index contributed by atoms with van der Waals surface area (Å²) in [7, 11) is 0. The average molecular weight is 427 g/mol. The van der Waals surface area contributed by atoms with Crippen molar-refractivity contribution in [2.75, 3.05) is 18.1 Å². The van der Waals surface area contributed by atoms with Crippen molar-refractivity contribution in [3.63, 3.8) is 0 Å².